The lowest BCUT2D eigenvalue weighted by Crippen LogP contribution is -2.50. The fraction of sp³-hybridized carbons (Fsp3) is 0.481. The van der Waals surface area contributed by atoms with Crippen LogP contribution in [0, 0.1) is 23.2 Å². The first-order valence-electron chi connectivity index (χ1n) is 12.0. The highest BCUT2D eigenvalue weighted by Crippen LogP contribution is 2.57. The third kappa shape index (κ3) is 3.95. The summed E-state index contributed by atoms with van der Waals surface area (Å²) < 4.78 is 11.0. The van der Waals surface area contributed by atoms with Gasteiger partial charge in [-0.1, -0.05) is 44.2 Å². The lowest BCUT2D eigenvalue weighted by Gasteiger charge is -2.41. The van der Waals surface area contributed by atoms with Crippen LogP contribution in [0.25, 0.3) is 0 Å². The van der Waals surface area contributed by atoms with Gasteiger partial charge in [0.2, 0.25) is 12.7 Å². The number of nitrogens with two attached hydrogens (primary N) is 1. The number of amides is 1. The molecular formula is C27H35ClN4O3. The third-order valence-corrected chi connectivity index (χ3v) is 8.20. The molecule has 3 aliphatic heterocycles. The van der Waals surface area contributed by atoms with Crippen LogP contribution in [0.1, 0.15) is 50.4 Å². The van der Waals surface area contributed by atoms with Crippen molar-refractivity contribution in [3.63, 3.8) is 0 Å². The van der Waals surface area contributed by atoms with Crippen LogP contribution < -0.4 is 15.2 Å². The summed E-state index contributed by atoms with van der Waals surface area (Å²) in [6.45, 7) is 9.77. The van der Waals surface area contributed by atoms with Gasteiger partial charge in [0.25, 0.3) is 0 Å². The number of fused-ring (bicyclic) bond motifs is 2. The highest BCUT2D eigenvalue weighted by molar-refractivity contribution is 5.95. The molecule has 7 nitrogen and oxygen atoms in total. The number of carbonyl (C=O) groups excluding carboxylic acids is 1. The largest absolute Gasteiger partial charge is 0.454 e. The molecule has 0 aliphatic carbocycles. The molecule has 0 radical (unpaired) electrons. The molecule has 0 aromatic heterocycles. The second-order valence-electron chi connectivity index (χ2n) is 10.7. The predicted molar refractivity (Wildman–Crippen MR) is 138 cm³/mol. The van der Waals surface area contributed by atoms with E-state index in [9.17, 15) is 4.79 Å². The average molecular weight is 499 g/mol. The number of hydrogen-bond donors (Lipinski definition) is 2. The number of benzene rings is 2. The SMILES string of the molecule is CC(C)C1C2C(C(=O)N1Cc1ccc3c(c1)OCO3)C(c1ccc(C(=N)N)cc1)N(C)C2(C)C.Cl. The fourth-order valence-corrected chi connectivity index (χ4v) is 6.41. The standard InChI is InChI=1S/C27H34N4O3.ClH/c1-15(2)23-22-21(26(32)31(23)13-16-6-11-19-20(12-16)34-14-33-19)24(30(5)27(22,3)4)17-7-9-18(10-8-17)25(28)29;/h6-12,15,21-24H,13-14H2,1-5H3,(H3,28,29);1H. The van der Waals surface area contributed by atoms with Gasteiger partial charge in [-0.15, -0.1) is 12.4 Å². The maximum atomic E-state index is 14.1. The first-order valence-corrected chi connectivity index (χ1v) is 12.0. The molecule has 0 bridgehead atoms. The van der Waals surface area contributed by atoms with Crippen LogP contribution >= 0.6 is 12.4 Å². The average Bonchev–Trinajstić information content (AvgIpc) is 3.42. The highest BCUT2D eigenvalue weighted by atomic mass is 35.5. The summed E-state index contributed by atoms with van der Waals surface area (Å²) in [4.78, 5) is 18.6. The molecule has 3 N–H and O–H groups in total. The van der Waals surface area contributed by atoms with E-state index in [1.807, 2.05) is 42.5 Å². The van der Waals surface area contributed by atoms with E-state index in [1.54, 1.807) is 0 Å². The molecule has 2 aromatic carbocycles. The van der Waals surface area contributed by atoms with E-state index < -0.39 is 0 Å². The van der Waals surface area contributed by atoms with Gasteiger partial charge in [-0.25, -0.2) is 0 Å². The Hall–Kier alpha value is -2.77. The van der Waals surface area contributed by atoms with E-state index in [-0.39, 0.29) is 60.4 Å². The Kier molecular flexibility index (Phi) is 6.53. The number of rotatable bonds is 5. The van der Waals surface area contributed by atoms with Gasteiger partial charge in [-0.05, 0) is 50.1 Å². The molecule has 4 atom stereocenters. The van der Waals surface area contributed by atoms with E-state index in [1.165, 1.54) is 0 Å². The van der Waals surface area contributed by atoms with Crippen LogP contribution in [0.3, 0.4) is 0 Å². The van der Waals surface area contributed by atoms with E-state index in [4.69, 9.17) is 20.6 Å². The summed E-state index contributed by atoms with van der Waals surface area (Å²) in [6, 6.07) is 13.9. The van der Waals surface area contributed by atoms with Crippen molar-refractivity contribution in [2.45, 2.75) is 51.9 Å². The van der Waals surface area contributed by atoms with Crippen LogP contribution in [0.2, 0.25) is 0 Å². The third-order valence-electron chi connectivity index (χ3n) is 8.20. The number of carbonyl (C=O) groups is 1. The van der Waals surface area contributed by atoms with Gasteiger partial charge in [0.15, 0.2) is 11.5 Å². The first-order chi connectivity index (χ1) is 16.1. The zero-order valence-corrected chi connectivity index (χ0v) is 21.8. The Balaban J connectivity index is 0.00000289. The summed E-state index contributed by atoms with van der Waals surface area (Å²) in [5, 5.41) is 7.71. The first kappa shape index (κ1) is 25.3. The van der Waals surface area contributed by atoms with Gasteiger partial charge in [0.05, 0.1) is 5.92 Å². The number of ether oxygens (including phenoxy) is 2. The van der Waals surface area contributed by atoms with Crippen LogP contribution in [-0.4, -0.2) is 47.0 Å². The van der Waals surface area contributed by atoms with Crippen molar-refractivity contribution in [1.29, 1.82) is 5.41 Å². The molecule has 3 aliphatic rings. The van der Waals surface area contributed by atoms with Gasteiger partial charge in [0.1, 0.15) is 5.84 Å². The monoisotopic (exact) mass is 498 g/mol. The van der Waals surface area contributed by atoms with Crippen LogP contribution in [0.15, 0.2) is 42.5 Å². The molecule has 0 spiro atoms. The Morgan fingerprint density at radius 2 is 1.80 bits per heavy atom. The summed E-state index contributed by atoms with van der Waals surface area (Å²) in [6.07, 6.45) is 0. The van der Waals surface area contributed by atoms with Crippen molar-refractivity contribution >= 4 is 24.1 Å². The van der Waals surface area contributed by atoms with Crippen LogP contribution in [0.4, 0.5) is 0 Å². The van der Waals surface area contributed by atoms with Crippen molar-refractivity contribution in [2.24, 2.45) is 23.5 Å². The molecule has 35 heavy (non-hydrogen) atoms. The van der Waals surface area contributed by atoms with Crippen LogP contribution in [-0.2, 0) is 11.3 Å². The summed E-state index contributed by atoms with van der Waals surface area (Å²) >= 11 is 0. The number of nitrogen functional groups attached to an aromatic ring is 1. The number of nitrogens with one attached hydrogen (secondary N) is 1. The lowest BCUT2D eigenvalue weighted by atomic mass is 9.75. The minimum Gasteiger partial charge on any atom is -0.454 e. The zero-order valence-electron chi connectivity index (χ0n) is 20.9. The molecule has 2 fully saturated rings. The van der Waals surface area contributed by atoms with Crippen molar-refractivity contribution in [1.82, 2.24) is 9.80 Å². The zero-order chi connectivity index (χ0) is 24.4. The highest BCUT2D eigenvalue weighted by Gasteiger charge is 2.64. The molecule has 188 valence electrons. The molecule has 1 amide bonds. The number of amidine groups is 1. The van der Waals surface area contributed by atoms with Crippen molar-refractivity contribution < 1.29 is 14.3 Å². The minimum atomic E-state index is -0.164. The van der Waals surface area contributed by atoms with Gasteiger partial charge in [-0.2, -0.15) is 0 Å². The topological polar surface area (TPSA) is 91.9 Å². The van der Waals surface area contributed by atoms with E-state index in [2.05, 4.69) is 44.5 Å². The number of halogens is 1. The summed E-state index contributed by atoms with van der Waals surface area (Å²) in [5.74, 6) is 2.13. The smallest absolute Gasteiger partial charge is 0.231 e. The summed E-state index contributed by atoms with van der Waals surface area (Å²) in [7, 11) is 2.13. The molecule has 5 rings (SSSR count). The quantitative estimate of drug-likeness (QED) is 0.476. The minimum absolute atomic E-state index is 0. The van der Waals surface area contributed by atoms with Gasteiger partial charge >= 0.3 is 0 Å². The molecule has 2 aromatic rings. The Morgan fingerprint density at radius 1 is 1.14 bits per heavy atom. The maximum absolute atomic E-state index is 14.1. The number of hydrogen-bond acceptors (Lipinski definition) is 5. The molecule has 2 saturated heterocycles. The number of likely N-dealkylation sites (tertiary alicyclic amines) is 2. The Labute approximate surface area is 213 Å². The molecular weight excluding hydrogens is 464 g/mol. The summed E-state index contributed by atoms with van der Waals surface area (Å²) in [5.41, 5.74) is 8.34. The van der Waals surface area contributed by atoms with Crippen molar-refractivity contribution in [3.8, 4) is 11.5 Å². The Morgan fingerprint density at radius 3 is 2.43 bits per heavy atom. The molecule has 4 unspecified atom stereocenters. The van der Waals surface area contributed by atoms with Gasteiger partial charge < -0.3 is 20.1 Å². The maximum Gasteiger partial charge on any atom is 0.231 e. The van der Waals surface area contributed by atoms with Gasteiger partial charge in [-0.3, -0.25) is 15.1 Å². The van der Waals surface area contributed by atoms with Crippen molar-refractivity contribution in [3.05, 3.63) is 59.2 Å². The van der Waals surface area contributed by atoms with E-state index in [0.29, 0.717) is 18.0 Å². The Bertz CT molecular complexity index is 1130. The number of nitrogens with zero attached hydrogens (tertiary/aromatic N) is 2. The van der Waals surface area contributed by atoms with Crippen molar-refractivity contribution in [2.75, 3.05) is 13.8 Å². The van der Waals surface area contributed by atoms with Gasteiger partial charge in [0, 0.05) is 35.6 Å². The molecule has 8 heteroatoms. The predicted octanol–water partition coefficient (Wildman–Crippen LogP) is 4.19. The van der Waals surface area contributed by atoms with E-state index in [0.717, 1.165) is 22.6 Å². The van der Waals surface area contributed by atoms with Crippen LogP contribution in [0.5, 0.6) is 11.5 Å². The molecule has 3 heterocycles. The molecule has 0 saturated carbocycles. The van der Waals surface area contributed by atoms with E-state index >= 15 is 0 Å². The normalized spacial score (nSPS) is 26.7. The second-order valence-corrected chi connectivity index (χ2v) is 10.7. The fourth-order valence-electron chi connectivity index (χ4n) is 6.41. The lowest BCUT2D eigenvalue weighted by molar-refractivity contribution is -0.134. The second kappa shape index (κ2) is 9.03.